The normalized spacial score (nSPS) is 20.4. The molecule has 1 aromatic rings. The maximum Gasteiger partial charge on any atom is 0.109 e. The molecular formula is C14H21NO2. The third-order valence-corrected chi connectivity index (χ3v) is 3.59. The molecule has 17 heavy (non-hydrogen) atoms. The van der Waals surface area contributed by atoms with E-state index in [-0.39, 0.29) is 5.60 Å². The lowest BCUT2D eigenvalue weighted by Gasteiger charge is -2.34. The topological polar surface area (TPSA) is 42.4 Å². The zero-order valence-corrected chi connectivity index (χ0v) is 10.6. The van der Waals surface area contributed by atoms with Gasteiger partial charge in [-0.05, 0) is 32.3 Å². The summed E-state index contributed by atoms with van der Waals surface area (Å²) in [6, 6.07) is 2.00. The van der Waals surface area contributed by atoms with Gasteiger partial charge < -0.3 is 9.84 Å². The number of hydrogen-bond acceptors (Lipinski definition) is 3. The van der Waals surface area contributed by atoms with Crippen LogP contribution in [0, 0.1) is 6.92 Å². The first-order chi connectivity index (χ1) is 8.18. The number of aliphatic hydroxyl groups excluding tert-OH is 1. The number of aliphatic hydroxyl groups is 1. The summed E-state index contributed by atoms with van der Waals surface area (Å²) in [6.45, 7) is 4.63. The van der Waals surface area contributed by atoms with Crippen molar-refractivity contribution in [1.82, 2.24) is 4.98 Å². The molecule has 1 aliphatic rings. The zero-order valence-electron chi connectivity index (χ0n) is 10.6. The Hall–Kier alpha value is -0.930. The van der Waals surface area contributed by atoms with Crippen LogP contribution in [0.1, 0.15) is 49.8 Å². The lowest BCUT2D eigenvalue weighted by molar-refractivity contribution is -0.118. The van der Waals surface area contributed by atoms with Crippen molar-refractivity contribution < 1.29 is 9.84 Å². The predicted octanol–water partition coefficient (Wildman–Crippen LogP) is 2.77. The predicted molar refractivity (Wildman–Crippen MR) is 66.8 cm³/mol. The molecule has 0 bridgehead atoms. The summed E-state index contributed by atoms with van der Waals surface area (Å²) in [5.41, 5.74) is 1.57. The fourth-order valence-electron chi connectivity index (χ4n) is 2.79. The van der Waals surface area contributed by atoms with Crippen LogP contribution in [-0.4, -0.2) is 22.3 Å². The lowest BCUT2D eigenvalue weighted by atomic mass is 9.89. The van der Waals surface area contributed by atoms with Crippen molar-refractivity contribution in [2.45, 2.75) is 51.2 Å². The van der Waals surface area contributed by atoms with Gasteiger partial charge in [-0.25, -0.2) is 0 Å². The Morgan fingerprint density at radius 2 is 2.12 bits per heavy atom. The van der Waals surface area contributed by atoms with Crippen molar-refractivity contribution in [3.63, 3.8) is 0 Å². The molecule has 1 N–H and O–H groups in total. The van der Waals surface area contributed by atoms with Gasteiger partial charge in [0.15, 0.2) is 0 Å². The summed E-state index contributed by atoms with van der Waals surface area (Å²) in [7, 11) is 0. The molecule has 3 heteroatoms. The van der Waals surface area contributed by atoms with E-state index >= 15 is 0 Å². The van der Waals surface area contributed by atoms with Gasteiger partial charge in [0.05, 0.1) is 5.60 Å². The Labute approximate surface area is 103 Å². The van der Waals surface area contributed by atoms with Gasteiger partial charge in [0.2, 0.25) is 0 Å². The number of pyridine rings is 1. The van der Waals surface area contributed by atoms with Crippen LogP contribution >= 0.6 is 0 Å². The SMILES string of the molecule is CCOC1(C(O)c2cncc(C)c2)CCCC1. The number of rotatable bonds is 4. The summed E-state index contributed by atoms with van der Waals surface area (Å²) < 4.78 is 5.87. The Kier molecular flexibility index (Phi) is 3.79. The molecule has 0 aliphatic heterocycles. The summed E-state index contributed by atoms with van der Waals surface area (Å²) in [5, 5.41) is 10.6. The van der Waals surface area contributed by atoms with E-state index in [1.165, 1.54) is 0 Å². The van der Waals surface area contributed by atoms with E-state index in [4.69, 9.17) is 4.74 Å². The summed E-state index contributed by atoms with van der Waals surface area (Å²) in [6.07, 6.45) is 7.14. The first-order valence-electron chi connectivity index (χ1n) is 6.41. The first kappa shape index (κ1) is 12.5. The molecule has 3 nitrogen and oxygen atoms in total. The molecule has 1 aromatic heterocycles. The van der Waals surface area contributed by atoms with Crippen LogP contribution in [0.3, 0.4) is 0 Å². The second-order valence-corrected chi connectivity index (χ2v) is 4.90. The molecule has 94 valence electrons. The molecule has 1 fully saturated rings. The van der Waals surface area contributed by atoms with Crippen LogP contribution in [0.25, 0.3) is 0 Å². The van der Waals surface area contributed by atoms with Crippen molar-refractivity contribution in [1.29, 1.82) is 0 Å². The third kappa shape index (κ3) is 2.50. The average molecular weight is 235 g/mol. The first-order valence-corrected chi connectivity index (χ1v) is 6.41. The Morgan fingerprint density at radius 3 is 2.71 bits per heavy atom. The van der Waals surface area contributed by atoms with Crippen molar-refractivity contribution in [2.75, 3.05) is 6.61 Å². The largest absolute Gasteiger partial charge is 0.385 e. The number of aromatic nitrogens is 1. The Morgan fingerprint density at radius 1 is 1.41 bits per heavy atom. The van der Waals surface area contributed by atoms with Crippen molar-refractivity contribution in [3.05, 3.63) is 29.6 Å². The van der Waals surface area contributed by atoms with Crippen LogP contribution < -0.4 is 0 Å². The minimum Gasteiger partial charge on any atom is -0.385 e. The molecule has 1 heterocycles. The summed E-state index contributed by atoms with van der Waals surface area (Å²) in [4.78, 5) is 4.15. The third-order valence-electron chi connectivity index (χ3n) is 3.59. The minimum absolute atomic E-state index is 0.385. The van der Waals surface area contributed by atoms with Crippen LogP contribution in [-0.2, 0) is 4.74 Å². The molecule has 1 saturated carbocycles. The van der Waals surface area contributed by atoms with Crippen LogP contribution in [0.5, 0.6) is 0 Å². The van der Waals surface area contributed by atoms with E-state index in [9.17, 15) is 5.11 Å². The molecule has 2 rings (SSSR count). The molecule has 1 atom stereocenters. The van der Waals surface area contributed by atoms with E-state index in [2.05, 4.69) is 4.98 Å². The van der Waals surface area contributed by atoms with Crippen LogP contribution in [0.15, 0.2) is 18.5 Å². The second-order valence-electron chi connectivity index (χ2n) is 4.90. The lowest BCUT2D eigenvalue weighted by Crippen LogP contribution is -2.36. The maximum atomic E-state index is 10.6. The quantitative estimate of drug-likeness (QED) is 0.872. The highest BCUT2D eigenvalue weighted by Crippen LogP contribution is 2.42. The molecule has 1 aliphatic carbocycles. The second kappa shape index (κ2) is 5.15. The molecule has 0 spiro atoms. The number of aryl methyl sites for hydroxylation is 1. The van der Waals surface area contributed by atoms with E-state index in [0.29, 0.717) is 6.61 Å². The van der Waals surface area contributed by atoms with Crippen LogP contribution in [0.4, 0.5) is 0 Å². The van der Waals surface area contributed by atoms with E-state index in [1.807, 2.05) is 19.9 Å². The van der Waals surface area contributed by atoms with Gasteiger partial charge in [-0.3, -0.25) is 4.98 Å². The van der Waals surface area contributed by atoms with Gasteiger partial charge in [0.25, 0.3) is 0 Å². The molecule has 1 unspecified atom stereocenters. The average Bonchev–Trinajstić information content (AvgIpc) is 2.78. The highest BCUT2D eigenvalue weighted by molar-refractivity contribution is 5.22. The standard InChI is InChI=1S/C14H21NO2/c1-3-17-14(6-4-5-7-14)13(16)12-8-11(2)9-15-10-12/h8-10,13,16H,3-7H2,1-2H3. The Balaban J connectivity index is 2.24. The van der Waals surface area contributed by atoms with Crippen LogP contribution in [0.2, 0.25) is 0 Å². The Bertz CT molecular complexity index is 372. The minimum atomic E-state index is -0.558. The summed E-state index contributed by atoms with van der Waals surface area (Å²) >= 11 is 0. The number of nitrogens with zero attached hydrogens (tertiary/aromatic N) is 1. The van der Waals surface area contributed by atoms with E-state index < -0.39 is 6.10 Å². The fourth-order valence-corrected chi connectivity index (χ4v) is 2.79. The van der Waals surface area contributed by atoms with E-state index in [0.717, 1.165) is 36.8 Å². The molecular weight excluding hydrogens is 214 g/mol. The van der Waals surface area contributed by atoms with Gasteiger partial charge in [-0.2, -0.15) is 0 Å². The fraction of sp³-hybridized carbons (Fsp3) is 0.643. The highest BCUT2D eigenvalue weighted by atomic mass is 16.5. The van der Waals surface area contributed by atoms with Gasteiger partial charge in [-0.1, -0.05) is 18.9 Å². The molecule has 0 aromatic carbocycles. The van der Waals surface area contributed by atoms with Gasteiger partial charge in [-0.15, -0.1) is 0 Å². The van der Waals surface area contributed by atoms with Crippen molar-refractivity contribution >= 4 is 0 Å². The molecule has 0 radical (unpaired) electrons. The van der Waals surface area contributed by atoms with Gasteiger partial charge in [0.1, 0.15) is 6.10 Å². The van der Waals surface area contributed by atoms with Gasteiger partial charge in [0, 0.05) is 24.6 Å². The smallest absolute Gasteiger partial charge is 0.109 e. The van der Waals surface area contributed by atoms with Crippen molar-refractivity contribution in [2.24, 2.45) is 0 Å². The monoisotopic (exact) mass is 235 g/mol. The molecule has 0 amide bonds. The zero-order chi connectivity index (χ0) is 12.3. The van der Waals surface area contributed by atoms with E-state index in [1.54, 1.807) is 12.4 Å². The molecule has 0 saturated heterocycles. The number of hydrogen-bond donors (Lipinski definition) is 1. The highest BCUT2D eigenvalue weighted by Gasteiger charge is 2.42. The maximum absolute atomic E-state index is 10.6. The van der Waals surface area contributed by atoms with Crippen molar-refractivity contribution in [3.8, 4) is 0 Å². The summed E-state index contributed by atoms with van der Waals surface area (Å²) in [5.74, 6) is 0. The number of ether oxygens (including phenoxy) is 1. The van der Waals surface area contributed by atoms with Gasteiger partial charge >= 0.3 is 0 Å².